The second-order valence-corrected chi connectivity index (χ2v) is 6.05. The van der Waals surface area contributed by atoms with E-state index in [1.165, 1.54) is 24.3 Å². The van der Waals surface area contributed by atoms with Crippen LogP contribution in [0.2, 0.25) is 0 Å². The van der Waals surface area contributed by atoms with Crippen LogP contribution in [-0.4, -0.2) is 19.1 Å². The fraction of sp³-hybridized carbons (Fsp3) is 0.500. The van der Waals surface area contributed by atoms with Gasteiger partial charge in [0, 0.05) is 5.54 Å². The maximum Gasteiger partial charge on any atom is 0.241 e. The van der Waals surface area contributed by atoms with Gasteiger partial charge in [0.2, 0.25) is 10.0 Å². The zero-order valence-corrected chi connectivity index (χ0v) is 11.2. The number of sulfonamides is 1. The predicted molar refractivity (Wildman–Crippen MR) is 67.4 cm³/mol. The highest BCUT2D eigenvalue weighted by atomic mass is 32.2. The maximum atomic E-state index is 12.1. The first-order valence-electron chi connectivity index (χ1n) is 5.66. The highest BCUT2D eigenvalue weighted by Gasteiger charge is 2.27. The smallest absolute Gasteiger partial charge is 0.241 e. The molecule has 96 valence electrons. The van der Waals surface area contributed by atoms with E-state index < -0.39 is 15.6 Å². The summed E-state index contributed by atoms with van der Waals surface area (Å²) in [5.41, 5.74) is -0.454. The van der Waals surface area contributed by atoms with Crippen molar-refractivity contribution in [3.05, 3.63) is 24.3 Å². The normalized spacial score (nSPS) is 12.6. The quantitative estimate of drug-likeness (QED) is 0.850. The zero-order valence-electron chi connectivity index (χ0n) is 10.4. The van der Waals surface area contributed by atoms with Gasteiger partial charge in [0.05, 0.1) is 4.90 Å². The first-order valence-corrected chi connectivity index (χ1v) is 7.14. The first-order chi connectivity index (χ1) is 7.83. The molecule has 0 aliphatic rings. The number of aromatic hydroxyl groups is 1. The standard InChI is InChI=1S/C12H19NO3S/c1-4-12(3,5-2)13-17(15,16)11-8-6-7-10(14)9-11/h6-9,13-14H,4-5H2,1-3H3. The van der Waals surface area contributed by atoms with E-state index in [1.807, 2.05) is 20.8 Å². The summed E-state index contributed by atoms with van der Waals surface area (Å²) in [6, 6.07) is 5.67. The van der Waals surface area contributed by atoms with E-state index in [0.29, 0.717) is 12.8 Å². The minimum Gasteiger partial charge on any atom is -0.508 e. The highest BCUT2D eigenvalue weighted by Crippen LogP contribution is 2.21. The molecule has 0 unspecified atom stereocenters. The molecule has 2 N–H and O–H groups in total. The fourth-order valence-electron chi connectivity index (χ4n) is 1.43. The van der Waals surface area contributed by atoms with Crippen molar-refractivity contribution in [3.63, 3.8) is 0 Å². The molecule has 0 bridgehead atoms. The molecule has 17 heavy (non-hydrogen) atoms. The van der Waals surface area contributed by atoms with Gasteiger partial charge in [0.15, 0.2) is 0 Å². The molecule has 0 fully saturated rings. The molecule has 0 aliphatic carbocycles. The molecule has 0 amide bonds. The van der Waals surface area contributed by atoms with Gasteiger partial charge in [-0.3, -0.25) is 0 Å². The van der Waals surface area contributed by atoms with E-state index in [0.717, 1.165) is 0 Å². The van der Waals surface area contributed by atoms with Crippen LogP contribution in [0.25, 0.3) is 0 Å². The Morgan fingerprint density at radius 3 is 2.35 bits per heavy atom. The molecule has 0 aliphatic heterocycles. The summed E-state index contributed by atoms with van der Waals surface area (Å²) >= 11 is 0. The minimum absolute atomic E-state index is 0.0532. The summed E-state index contributed by atoms with van der Waals surface area (Å²) in [4.78, 5) is 0.0885. The van der Waals surface area contributed by atoms with Crippen LogP contribution in [0, 0.1) is 0 Å². The van der Waals surface area contributed by atoms with E-state index in [-0.39, 0.29) is 10.6 Å². The average Bonchev–Trinajstić information content (AvgIpc) is 2.28. The van der Waals surface area contributed by atoms with Gasteiger partial charge in [-0.05, 0) is 38.0 Å². The van der Waals surface area contributed by atoms with Gasteiger partial charge >= 0.3 is 0 Å². The van der Waals surface area contributed by atoms with Crippen LogP contribution < -0.4 is 4.72 Å². The summed E-state index contributed by atoms with van der Waals surface area (Å²) < 4.78 is 26.9. The van der Waals surface area contributed by atoms with Crippen LogP contribution in [0.4, 0.5) is 0 Å². The number of nitrogens with one attached hydrogen (secondary N) is 1. The third-order valence-corrected chi connectivity index (χ3v) is 4.71. The number of hydrogen-bond donors (Lipinski definition) is 2. The van der Waals surface area contributed by atoms with Gasteiger partial charge in [0.1, 0.15) is 5.75 Å². The lowest BCUT2D eigenvalue weighted by molar-refractivity contribution is 0.388. The second kappa shape index (κ2) is 5.06. The van der Waals surface area contributed by atoms with Crippen molar-refractivity contribution in [1.82, 2.24) is 4.72 Å². The number of benzene rings is 1. The Morgan fingerprint density at radius 1 is 1.29 bits per heavy atom. The molecule has 5 heteroatoms. The fourth-order valence-corrected chi connectivity index (χ4v) is 3.02. The van der Waals surface area contributed by atoms with Crippen LogP contribution in [0.5, 0.6) is 5.75 Å². The van der Waals surface area contributed by atoms with Gasteiger partial charge in [-0.25, -0.2) is 13.1 Å². The molecule has 0 atom stereocenters. The van der Waals surface area contributed by atoms with E-state index in [1.54, 1.807) is 0 Å². The summed E-state index contributed by atoms with van der Waals surface area (Å²) in [6.45, 7) is 5.75. The molecule has 0 radical (unpaired) electrons. The van der Waals surface area contributed by atoms with Gasteiger partial charge < -0.3 is 5.11 Å². The first kappa shape index (κ1) is 14.0. The molecule has 1 aromatic carbocycles. The minimum atomic E-state index is -3.57. The lowest BCUT2D eigenvalue weighted by Gasteiger charge is -2.27. The summed E-state index contributed by atoms with van der Waals surface area (Å²) in [7, 11) is -3.57. The molecular weight excluding hydrogens is 238 g/mol. The van der Waals surface area contributed by atoms with Crippen molar-refractivity contribution in [1.29, 1.82) is 0 Å². The van der Waals surface area contributed by atoms with Crippen LogP contribution in [0.15, 0.2) is 29.2 Å². The third kappa shape index (κ3) is 3.44. The molecule has 0 aromatic heterocycles. The number of phenolic OH excluding ortho intramolecular Hbond substituents is 1. The number of hydrogen-bond acceptors (Lipinski definition) is 3. The van der Waals surface area contributed by atoms with E-state index in [9.17, 15) is 13.5 Å². The Bertz CT molecular complexity index is 478. The van der Waals surface area contributed by atoms with Crippen LogP contribution >= 0.6 is 0 Å². The van der Waals surface area contributed by atoms with Crippen LogP contribution in [0.1, 0.15) is 33.6 Å². The lowest BCUT2D eigenvalue weighted by atomic mass is 9.98. The Labute approximate surface area is 103 Å². The van der Waals surface area contributed by atoms with Gasteiger partial charge in [-0.2, -0.15) is 0 Å². The zero-order chi connectivity index (χ0) is 13.1. The predicted octanol–water partition coefficient (Wildman–Crippen LogP) is 2.25. The van der Waals surface area contributed by atoms with E-state index >= 15 is 0 Å². The highest BCUT2D eigenvalue weighted by molar-refractivity contribution is 7.89. The number of rotatable bonds is 5. The van der Waals surface area contributed by atoms with E-state index in [2.05, 4.69) is 4.72 Å². The number of phenols is 1. The van der Waals surface area contributed by atoms with Crippen molar-refractivity contribution >= 4 is 10.0 Å². The molecule has 0 heterocycles. The van der Waals surface area contributed by atoms with E-state index in [4.69, 9.17) is 0 Å². The lowest BCUT2D eigenvalue weighted by Crippen LogP contribution is -2.44. The summed E-state index contributed by atoms with van der Waals surface area (Å²) in [6.07, 6.45) is 1.42. The van der Waals surface area contributed by atoms with Crippen LogP contribution in [0.3, 0.4) is 0 Å². The van der Waals surface area contributed by atoms with Gasteiger partial charge in [-0.15, -0.1) is 0 Å². The summed E-state index contributed by atoms with van der Waals surface area (Å²) in [5.74, 6) is -0.0532. The van der Waals surface area contributed by atoms with Crippen molar-refractivity contribution < 1.29 is 13.5 Å². The molecule has 0 spiro atoms. The SMILES string of the molecule is CCC(C)(CC)NS(=O)(=O)c1cccc(O)c1. The molecule has 0 saturated heterocycles. The van der Waals surface area contributed by atoms with Crippen molar-refractivity contribution in [2.24, 2.45) is 0 Å². The molecule has 0 saturated carbocycles. The Hall–Kier alpha value is -1.07. The molecular formula is C12H19NO3S. The van der Waals surface area contributed by atoms with Crippen LogP contribution in [-0.2, 0) is 10.0 Å². The Balaban J connectivity index is 3.05. The molecule has 1 aromatic rings. The Kier molecular flexibility index (Phi) is 4.16. The molecule has 4 nitrogen and oxygen atoms in total. The average molecular weight is 257 g/mol. The van der Waals surface area contributed by atoms with Crippen molar-refractivity contribution in [2.45, 2.75) is 44.0 Å². The van der Waals surface area contributed by atoms with Crippen molar-refractivity contribution in [3.8, 4) is 5.75 Å². The molecule has 1 rings (SSSR count). The van der Waals surface area contributed by atoms with Gasteiger partial charge in [0.25, 0.3) is 0 Å². The largest absolute Gasteiger partial charge is 0.508 e. The maximum absolute atomic E-state index is 12.1. The second-order valence-electron chi connectivity index (χ2n) is 4.37. The third-order valence-electron chi connectivity index (χ3n) is 3.07. The summed E-state index contributed by atoms with van der Waals surface area (Å²) in [5, 5.41) is 9.30. The topological polar surface area (TPSA) is 66.4 Å². The van der Waals surface area contributed by atoms with Gasteiger partial charge in [-0.1, -0.05) is 19.9 Å². The monoisotopic (exact) mass is 257 g/mol. The Morgan fingerprint density at radius 2 is 1.88 bits per heavy atom. The van der Waals surface area contributed by atoms with Crippen molar-refractivity contribution in [2.75, 3.05) is 0 Å².